The highest BCUT2D eigenvalue weighted by atomic mass is 16.5. The molecule has 4 aromatic rings. The van der Waals surface area contributed by atoms with Crippen LogP contribution in [0.1, 0.15) is 11.3 Å². The van der Waals surface area contributed by atoms with Gasteiger partial charge in [0.2, 0.25) is 0 Å². The molecule has 2 aromatic heterocycles. The first-order valence-electron chi connectivity index (χ1n) is 8.36. The zero-order chi connectivity index (χ0) is 17.9. The fourth-order valence-corrected chi connectivity index (χ4v) is 2.96. The SMILES string of the molecule is Cc1onc(-c2ccccc2)c1-c1c[nH]c(-c2ccc(CC=O)cc2)n1. The molecule has 5 heteroatoms. The molecule has 2 aromatic carbocycles. The second kappa shape index (κ2) is 6.80. The van der Waals surface area contributed by atoms with E-state index in [1.165, 1.54) is 0 Å². The number of aryl methyl sites for hydroxylation is 1. The van der Waals surface area contributed by atoms with Gasteiger partial charge < -0.3 is 14.3 Å². The highest BCUT2D eigenvalue weighted by molar-refractivity contribution is 5.80. The third-order valence-electron chi connectivity index (χ3n) is 4.29. The number of hydrogen-bond acceptors (Lipinski definition) is 4. The molecule has 2 heterocycles. The summed E-state index contributed by atoms with van der Waals surface area (Å²) < 4.78 is 5.43. The number of nitrogens with zero attached hydrogens (tertiary/aromatic N) is 2. The Kier molecular flexibility index (Phi) is 4.19. The Labute approximate surface area is 150 Å². The smallest absolute Gasteiger partial charge is 0.143 e. The maximum atomic E-state index is 10.6. The lowest BCUT2D eigenvalue weighted by Crippen LogP contribution is -1.87. The van der Waals surface area contributed by atoms with Gasteiger partial charge in [-0.05, 0) is 12.5 Å². The molecule has 0 spiro atoms. The van der Waals surface area contributed by atoms with Crippen molar-refractivity contribution in [3.8, 4) is 33.9 Å². The van der Waals surface area contributed by atoms with Gasteiger partial charge in [-0.2, -0.15) is 0 Å². The lowest BCUT2D eigenvalue weighted by Gasteiger charge is -2.00. The van der Waals surface area contributed by atoms with Crippen molar-refractivity contribution in [2.24, 2.45) is 0 Å². The van der Waals surface area contributed by atoms with Crippen LogP contribution in [0.15, 0.2) is 65.3 Å². The molecule has 5 nitrogen and oxygen atoms in total. The minimum atomic E-state index is 0.421. The number of nitrogens with one attached hydrogen (secondary N) is 1. The van der Waals surface area contributed by atoms with E-state index in [1.54, 1.807) is 0 Å². The van der Waals surface area contributed by atoms with E-state index in [0.29, 0.717) is 6.42 Å². The summed E-state index contributed by atoms with van der Waals surface area (Å²) in [6.07, 6.45) is 3.18. The predicted octanol–water partition coefficient (Wildman–Crippen LogP) is 4.45. The number of aldehydes is 1. The van der Waals surface area contributed by atoms with Gasteiger partial charge in [0.1, 0.15) is 23.6 Å². The van der Waals surface area contributed by atoms with E-state index in [-0.39, 0.29) is 0 Å². The van der Waals surface area contributed by atoms with E-state index in [2.05, 4.69) is 10.1 Å². The molecule has 0 unspecified atom stereocenters. The monoisotopic (exact) mass is 343 g/mol. The lowest BCUT2D eigenvalue weighted by atomic mass is 10.0. The Morgan fingerprint density at radius 2 is 1.81 bits per heavy atom. The summed E-state index contributed by atoms with van der Waals surface area (Å²) in [6, 6.07) is 17.7. The molecule has 128 valence electrons. The fraction of sp³-hybridized carbons (Fsp3) is 0.0952. The molecule has 0 fully saturated rings. The van der Waals surface area contributed by atoms with E-state index in [0.717, 1.165) is 51.5 Å². The first kappa shape index (κ1) is 16.0. The van der Waals surface area contributed by atoms with Crippen LogP contribution in [0.4, 0.5) is 0 Å². The molecule has 0 amide bonds. The van der Waals surface area contributed by atoms with Gasteiger partial charge in [0.25, 0.3) is 0 Å². The van der Waals surface area contributed by atoms with Crippen LogP contribution in [0.25, 0.3) is 33.9 Å². The maximum Gasteiger partial charge on any atom is 0.143 e. The number of imidazole rings is 1. The van der Waals surface area contributed by atoms with E-state index < -0.39 is 0 Å². The first-order chi connectivity index (χ1) is 12.8. The van der Waals surface area contributed by atoms with Crippen LogP contribution in [0.2, 0.25) is 0 Å². The van der Waals surface area contributed by atoms with Crippen molar-refractivity contribution in [1.29, 1.82) is 0 Å². The van der Waals surface area contributed by atoms with Crippen molar-refractivity contribution >= 4 is 6.29 Å². The molecule has 0 saturated carbocycles. The molecule has 0 aliphatic rings. The Morgan fingerprint density at radius 1 is 1.04 bits per heavy atom. The van der Waals surface area contributed by atoms with Crippen LogP contribution >= 0.6 is 0 Å². The molecule has 4 rings (SSSR count). The summed E-state index contributed by atoms with van der Waals surface area (Å²) in [7, 11) is 0. The lowest BCUT2D eigenvalue weighted by molar-refractivity contribution is -0.107. The Morgan fingerprint density at radius 3 is 2.54 bits per heavy atom. The quantitative estimate of drug-likeness (QED) is 0.544. The largest absolute Gasteiger partial charge is 0.360 e. The molecule has 0 aliphatic carbocycles. The Hall–Kier alpha value is -3.47. The average molecular weight is 343 g/mol. The van der Waals surface area contributed by atoms with Gasteiger partial charge in [-0.1, -0.05) is 59.8 Å². The Balaban J connectivity index is 1.71. The summed E-state index contributed by atoms with van der Waals surface area (Å²) in [6.45, 7) is 1.89. The van der Waals surface area contributed by atoms with Crippen molar-refractivity contribution in [2.75, 3.05) is 0 Å². The molecular weight excluding hydrogens is 326 g/mol. The van der Waals surface area contributed by atoms with E-state index >= 15 is 0 Å². The van der Waals surface area contributed by atoms with Gasteiger partial charge in [-0.25, -0.2) is 4.98 Å². The summed E-state index contributed by atoms with van der Waals surface area (Å²) in [5, 5.41) is 4.21. The normalized spacial score (nSPS) is 10.8. The van der Waals surface area contributed by atoms with E-state index in [4.69, 9.17) is 9.51 Å². The Bertz CT molecular complexity index is 1030. The van der Waals surface area contributed by atoms with Gasteiger partial charge >= 0.3 is 0 Å². The third-order valence-corrected chi connectivity index (χ3v) is 4.29. The summed E-state index contributed by atoms with van der Waals surface area (Å²) >= 11 is 0. The van der Waals surface area contributed by atoms with Crippen molar-refractivity contribution in [3.05, 3.63) is 72.1 Å². The van der Waals surface area contributed by atoms with Crippen molar-refractivity contribution in [3.63, 3.8) is 0 Å². The molecule has 0 bridgehead atoms. The molecule has 0 aliphatic heterocycles. The number of rotatable bonds is 5. The van der Waals surface area contributed by atoms with Crippen molar-refractivity contribution in [1.82, 2.24) is 15.1 Å². The van der Waals surface area contributed by atoms with Crippen LogP contribution in [0.5, 0.6) is 0 Å². The van der Waals surface area contributed by atoms with Gasteiger partial charge in [0, 0.05) is 23.7 Å². The maximum absolute atomic E-state index is 10.6. The van der Waals surface area contributed by atoms with Crippen molar-refractivity contribution < 1.29 is 9.32 Å². The van der Waals surface area contributed by atoms with E-state index in [1.807, 2.05) is 67.7 Å². The standard InChI is InChI=1S/C21H17N3O2/c1-14-19(20(24-26-14)16-5-3-2-4-6-16)18-13-22-21(23-18)17-9-7-15(8-10-17)11-12-25/h2-10,12-13H,11H2,1H3,(H,22,23). The molecule has 0 saturated heterocycles. The van der Waals surface area contributed by atoms with Crippen LogP contribution in [-0.4, -0.2) is 21.4 Å². The second-order valence-corrected chi connectivity index (χ2v) is 6.03. The van der Waals surface area contributed by atoms with Gasteiger partial charge in [-0.15, -0.1) is 0 Å². The summed E-state index contributed by atoms with van der Waals surface area (Å²) in [5.74, 6) is 1.49. The number of carbonyl (C=O) groups excluding carboxylic acids is 1. The predicted molar refractivity (Wildman–Crippen MR) is 99.5 cm³/mol. The number of hydrogen-bond donors (Lipinski definition) is 1. The zero-order valence-corrected chi connectivity index (χ0v) is 14.3. The second-order valence-electron chi connectivity index (χ2n) is 6.03. The van der Waals surface area contributed by atoms with Crippen LogP contribution in [0.3, 0.4) is 0 Å². The minimum Gasteiger partial charge on any atom is -0.360 e. The van der Waals surface area contributed by atoms with Crippen LogP contribution in [0, 0.1) is 6.92 Å². The zero-order valence-electron chi connectivity index (χ0n) is 14.3. The number of benzene rings is 2. The van der Waals surface area contributed by atoms with Gasteiger partial charge in [0.05, 0.1) is 11.3 Å². The van der Waals surface area contributed by atoms with E-state index in [9.17, 15) is 4.79 Å². The average Bonchev–Trinajstić information content (AvgIpc) is 3.30. The first-order valence-corrected chi connectivity index (χ1v) is 8.36. The van der Waals surface area contributed by atoms with Gasteiger partial charge in [-0.3, -0.25) is 0 Å². The minimum absolute atomic E-state index is 0.421. The highest BCUT2D eigenvalue weighted by Crippen LogP contribution is 2.34. The number of H-pyrrole nitrogens is 1. The fourth-order valence-electron chi connectivity index (χ4n) is 2.96. The van der Waals surface area contributed by atoms with Crippen molar-refractivity contribution in [2.45, 2.75) is 13.3 Å². The van der Waals surface area contributed by atoms with Crippen LogP contribution < -0.4 is 0 Å². The molecule has 0 atom stereocenters. The van der Waals surface area contributed by atoms with Crippen LogP contribution in [-0.2, 0) is 11.2 Å². The number of aromatic nitrogens is 3. The molecule has 0 radical (unpaired) electrons. The number of aromatic amines is 1. The third kappa shape index (κ3) is 2.95. The molecular formula is C21H17N3O2. The summed E-state index contributed by atoms with van der Waals surface area (Å²) in [4.78, 5) is 18.5. The molecule has 1 N–H and O–H groups in total. The highest BCUT2D eigenvalue weighted by Gasteiger charge is 2.19. The topological polar surface area (TPSA) is 71.8 Å². The van der Waals surface area contributed by atoms with Gasteiger partial charge in [0.15, 0.2) is 0 Å². The molecule has 26 heavy (non-hydrogen) atoms. The summed E-state index contributed by atoms with van der Waals surface area (Å²) in [5.41, 5.74) is 5.38. The number of carbonyl (C=O) groups is 1.